The predicted molar refractivity (Wildman–Crippen MR) is 101 cm³/mol. The molecule has 0 saturated carbocycles. The van der Waals surface area contributed by atoms with Crippen molar-refractivity contribution in [2.45, 2.75) is 32.4 Å². The third-order valence-electron chi connectivity index (χ3n) is 4.54. The van der Waals surface area contributed by atoms with E-state index in [0.29, 0.717) is 6.54 Å². The summed E-state index contributed by atoms with van der Waals surface area (Å²) in [6.45, 7) is 4.78. The van der Waals surface area contributed by atoms with Gasteiger partial charge in [-0.3, -0.25) is 9.59 Å². The summed E-state index contributed by atoms with van der Waals surface area (Å²) < 4.78 is 5.35. The van der Waals surface area contributed by atoms with Gasteiger partial charge >= 0.3 is 0 Å². The molecule has 1 N–H and O–H groups in total. The SMILES string of the molecule is CC(C)c1ccccc1NC(=O)[C@@H]1COCC(=O)N1Cc1ccccc1. The summed E-state index contributed by atoms with van der Waals surface area (Å²) >= 11 is 0. The van der Waals surface area contributed by atoms with E-state index in [4.69, 9.17) is 4.74 Å². The highest BCUT2D eigenvalue weighted by atomic mass is 16.5. The Morgan fingerprint density at radius 1 is 1.15 bits per heavy atom. The second-order valence-corrected chi connectivity index (χ2v) is 6.77. The van der Waals surface area contributed by atoms with E-state index in [2.05, 4.69) is 19.2 Å². The molecule has 26 heavy (non-hydrogen) atoms. The highest BCUT2D eigenvalue weighted by Crippen LogP contribution is 2.24. The molecule has 0 spiro atoms. The van der Waals surface area contributed by atoms with Crippen molar-refractivity contribution in [2.75, 3.05) is 18.5 Å². The van der Waals surface area contributed by atoms with Crippen LogP contribution in [0.15, 0.2) is 54.6 Å². The van der Waals surface area contributed by atoms with Gasteiger partial charge in [-0.25, -0.2) is 0 Å². The summed E-state index contributed by atoms with van der Waals surface area (Å²) in [5.41, 5.74) is 2.84. The zero-order chi connectivity index (χ0) is 18.5. The minimum Gasteiger partial charge on any atom is -0.369 e. The molecule has 2 amide bonds. The number of carbonyl (C=O) groups is 2. The average molecular weight is 352 g/mol. The molecule has 0 unspecified atom stereocenters. The number of rotatable bonds is 5. The molecule has 0 aromatic heterocycles. The summed E-state index contributed by atoms with van der Waals surface area (Å²) in [4.78, 5) is 26.9. The Labute approximate surface area is 154 Å². The second kappa shape index (κ2) is 8.15. The maximum absolute atomic E-state index is 12.9. The topological polar surface area (TPSA) is 58.6 Å². The van der Waals surface area contributed by atoms with Crippen molar-refractivity contribution in [3.8, 4) is 0 Å². The van der Waals surface area contributed by atoms with Crippen LogP contribution in [0.4, 0.5) is 5.69 Å². The van der Waals surface area contributed by atoms with E-state index in [9.17, 15) is 9.59 Å². The summed E-state index contributed by atoms with van der Waals surface area (Å²) in [5, 5.41) is 2.99. The van der Waals surface area contributed by atoms with E-state index in [-0.39, 0.29) is 30.9 Å². The van der Waals surface area contributed by atoms with E-state index in [1.54, 1.807) is 4.90 Å². The summed E-state index contributed by atoms with van der Waals surface area (Å²) in [5.74, 6) is -0.101. The third-order valence-corrected chi connectivity index (χ3v) is 4.54. The molecule has 2 aromatic rings. The molecule has 0 radical (unpaired) electrons. The maximum atomic E-state index is 12.9. The smallest absolute Gasteiger partial charge is 0.249 e. The first-order chi connectivity index (χ1) is 12.6. The number of para-hydroxylation sites is 1. The van der Waals surface area contributed by atoms with E-state index >= 15 is 0 Å². The fraction of sp³-hybridized carbons (Fsp3) is 0.333. The van der Waals surface area contributed by atoms with Crippen LogP contribution in [-0.4, -0.2) is 36.0 Å². The maximum Gasteiger partial charge on any atom is 0.249 e. The molecule has 0 aliphatic carbocycles. The van der Waals surface area contributed by atoms with Gasteiger partial charge in [0.05, 0.1) is 6.61 Å². The molecule has 1 atom stereocenters. The van der Waals surface area contributed by atoms with Crippen molar-refractivity contribution < 1.29 is 14.3 Å². The monoisotopic (exact) mass is 352 g/mol. The highest BCUT2D eigenvalue weighted by molar-refractivity contribution is 5.98. The van der Waals surface area contributed by atoms with Crippen molar-refractivity contribution in [2.24, 2.45) is 0 Å². The van der Waals surface area contributed by atoms with E-state index in [1.165, 1.54) is 0 Å². The minimum absolute atomic E-state index is 0.0131. The Balaban J connectivity index is 1.79. The van der Waals surface area contributed by atoms with Crippen LogP contribution in [0, 0.1) is 0 Å². The van der Waals surface area contributed by atoms with Gasteiger partial charge in [0.25, 0.3) is 0 Å². The third kappa shape index (κ3) is 4.11. The summed E-state index contributed by atoms with van der Waals surface area (Å²) in [7, 11) is 0. The first-order valence-corrected chi connectivity index (χ1v) is 8.87. The predicted octanol–water partition coefficient (Wildman–Crippen LogP) is 3.18. The van der Waals surface area contributed by atoms with Crippen LogP contribution in [-0.2, 0) is 20.9 Å². The highest BCUT2D eigenvalue weighted by Gasteiger charge is 2.34. The molecule has 1 heterocycles. The number of morpholine rings is 1. The number of hydrogen-bond acceptors (Lipinski definition) is 3. The normalized spacial score (nSPS) is 17.4. The van der Waals surface area contributed by atoms with E-state index < -0.39 is 6.04 Å². The number of carbonyl (C=O) groups excluding carboxylic acids is 2. The van der Waals surface area contributed by atoms with Crippen LogP contribution < -0.4 is 5.32 Å². The number of amides is 2. The van der Waals surface area contributed by atoms with E-state index in [0.717, 1.165) is 16.8 Å². The lowest BCUT2D eigenvalue weighted by molar-refractivity contribution is -0.154. The van der Waals surface area contributed by atoms with Crippen LogP contribution in [0.25, 0.3) is 0 Å². The number of hydrogen-bond donors (Lipinski definition) is 1. The molecule has 1 fully saturated rings. The quantitative estimate of drug-likeness (QED) is 0.899. The van der Waals surface area contributed by atoms with Gasteiger partial charge < -0.3 is 15.0 Å². The van der Waals surface area contributed by atoms with Gasteiger partial charge in [-0.1, -0.05) is 62.4 Å². The van der Waals surface area contributed by atoms with Gasteiger partial charge in [0.15, 0.2) is 0 Å². The lowest BCUT2D eigenvalue weighted by atomic mass is 10.0. The molecular weight excluding hydrogens is 328 g/mol. The van der Waals surface area contributed by atoms with Crippen LogP contribution in [0.2, 0.25) is 0 Å². The van der Waals surface area contributed by atoms with Gasteiger partial charge in [-0.2, -0.15) is 0 Å². The average Bonchev–Trinajstić information content (AvgIpc) is 2.64. The second-order valence-electron chi connectivity index (χ2n) is 6.77. The summed E-state index contributed by atoms with van der Waals surface area (Å²) in [6, 6.07) is 16.8. The van der Waals surface area contributed by atoms with Crippen LogP contribution in [0.3, 0.4) is 0 Å². The van der Waals surface area contributed by atoms with Gasteiger partial charge in [-0.05, 0) is 23.1 Å². The summed E-state index contributed by atoms with van der Waals surface area (Å²) in [6.07, 6.45) is 0. The van der Waals surface area contributed by atoms with Crippen molar-refractivity contribution in [3.63, 3.8) is 0 Å². The van der Waals surface area contributed by atoms with Crippen LogP contribution >= 0.6 is 0 Å². The molecule has 5 nitrogen and oxygen atoms in total. The first-order valence-electron chi connectivity index (χ1n) is 8.87. The molecule has 1 aliphatic rings. The van der Waals surface area contributed by atoms with Crippen LogP contribution in [0.1, 0.15) is 30.9 Å². The molecule has 5 heteroatoms. The molecule has 0 bridgehead atoms. The molecule has 1 saturated heterocycles. The largest absolute Gasteiger partial charge is 0.369 e. The molecule has 136 valence electrons. The molecule has 1 aliphatic heterocycles. The van der Waals surface area contributed by atoms with Gasteiger partial charge in [0.1, 0.15) is 12.6 Å². The number of nitrogens with one attached hydrogen (secondary N) is 1. The van der Waals surface area contributed by atoms with Gasteiger partial charge in [0.2, 0.25) is 11.8 Å². The van der Waals surface area contributed by atoms with Crippen molar-refractivity contribution >= 4 is 17.5 Å². The number of anilines is 1. The fourth-order valence-electron chi connectivity index (χ4n) is 3.13. The Morgan fingerprint density at radius 3 is 2.58 bits per heavy atom. The zero-order valence-electron chi connectivity index (χ0n) is 15.1. The van der Waals surface area contributed by atoms with Gasteiger partial charge in [-0.15, -0.1) is 0 Å². The molecule has 3 rings (SSSR count). The number of nitrogens with zero attached hydrogens (tertiary/aromatic N) is 1. The fourth-order valence-corrected chi connectivity index (χ4v) is 3.13. The number of benzene rings is 2. The van der Waals surface area contributed by atoms with E-state index in [1.807, 2.05) is 54.6 Å². The van der Waals surface area contributed by atoms with Crippen LogP contribution in [0.5, 0.6) is 0 Å². The van der Waals surface area contributed by atoms with Gasteiger partial charge in [0, 0.05) is 12.2 Å². The van der Waals surface area contributed by atoms with Crippen molar-refractivity contribution in [3.05, 3.63) is 65.7 Å². The standard InChI is InChI=1S/C21H24N2O3/c1-15(2)17-10-6-7-11-18(17)22-21(25)19-13-26-14-20(24)23(19)12-16-8-4-3-5-9-16/h3-11,15,19H,12-14H2,1-2H3,(H,22,25)/t19-/m0/s1. The Hall–Kier alpha value is -2.66. The lowest BCUT2D eigenvalue weighted by Crippen LogP contribution is -2.54. The Morgan fingerprint density at radius 2 is 1.85 bits per heavy atom. The molecule has 2 aromatic carbocycles. The Bertz CT molecular complexity index is 774. The zero-order valence-corrected chi connectivity index (χ0v) is 15.1. The number of ether oxygens (including phenoxy) is 1. The van der Waals surface area contributed by atoms with Crippen molar-refractivity contribution in [1.29, 1.82) is 0 Å². The lowest BCUT2D eigenvalue weighted by Gasteiger charge is -2.34. The molecular formula is C21H24N2O3. The Kier molecular flexibility index (Phi) is 5.68. The minimum atomic E-state index is -0.642. The first kappa shape index (κ1) is 18.1. The van der Waals surface area contributed by atoms with Crippen molar-refractivity contribution in [1.82, 2.24) is 4.90 Å².